The minimum absolute atomic E-state index is 0.108. The maximum absolute atomic E-state index is 13.2. The number of nitrogens with two attached hydrogens (primary N) is 1. The first-order valence-electron chi connectivity index (χ1n) is 6.84. The van der Waals surface area contributed by atoms with E-state index in [1.807, 2.05) is 6.07 Å². The van der Waals surface area contributed by atoms with E-state index in [0.29, 0.717) is 12.1 Å². The van der Waals surface area contributed by atoms with Gasteiger partial charge in [0.2, 0.25) is 0 Å². The second kappa shape index (κ2) is 5.81. The first-order chi connectivity index (χ1) is 8.58. The molecule has 0 aliphatic carbocycles. The van der Waals surface area contributed by atoms with Crippen LogP contribution in [0.15, 0.2) is 24.3 Å². The van der Waals surface area contributed by atoms with Crippen LogP contribution in [0.25, 0.3) is 0 Å². The molecule has 1 aliphatic rings. The van der Waals surface area contributed by atoms with Gasteiger partial charge in [0.15, 0.2) is 0 Å². The van der Waals surface area contributed by atoms with Crippen LogP contribution in [0.2, 0.25) is 0 Å². The third kappa shape index (κ3) is 3.09. The van der Waals surface area contributed by atoms with Crippen LogP contribution in [-0.4, -0.2) is 23.5 Å². The number of hydrogen-bond donors (Lipinski definition) is 1. The lowest BCUT2D eigenvalue weighted by Gasteiger charge is -2.40. The molecule has 1 saturated heterocycles. The van der Waals surface area contributed by atoms with Crippen LogP contribution in [-0.2, 0) is 0 Å². The van der Waals surface area contributed by atoms with Crippen molar-refractivity contribution in [2.24, 2.45) is 5.73 Å². The molecule has 1 aromatic rings. The van der Waals surface area contributed by atoms with E-state index in [1.165, 1.54) is 25.3 Å². The van der Waals surface area contributed by atoms with Crippen LogP contribution in [0.4, 0.5) is 4.39 Å². The number of nitrogens with zero attached hydrogens (tertiary/aromatic N) is 1. The average molecular weight is 250 g/mol. The van der Waals surface area contributed by atoms with Gasteiger partial charge in [0, 0.05) is 24.7 Å². The van der Waals surface area contributed by atoms with Crippen molar-refractivity contribution in [2.75, 3.05) is 6.54 Å². The first-order valence-corrected chi connectivity index (χ1v) is 6.84. The molecule has 2 rings (SSSR count). The van der Waals surface area contributed by atoms with E-state index in [-0.39, 0.29) is 11.9 Å². The number of benzene rings is 1. The summed E-state index contributed by atoms with van der Waals surface area (Å²) >= 11 is 0. The predicted molar refractivity (Wildman–Crippen MR) is 72.8 cm³/mol. The van der Waals surface area contributed by atoms with Gasteiger partial charge in [-0.05, 0) is 44.4 Å². The number of halogens is 1. The monoisotopic (exact) mass is 250 g/mol. The Balaban J connectivity index is 2.04. The third-order valence-corrected chi connectivity index (χ3v) is 4.06. The molecule has 0 saturated carbocycles. The molecule has 0 amide bonds. The van der Waals surface area contributed by atoms with Crippen molar-refractivity contribution in [2.45, 2.75) is 51.2 Å². The lowest BCUT2D eigenvalue weighted by Crippen LogP contribution is -2.46. The van der Waals surface area contributed by atoms with E-state index < -0.39 is 0 Å². The van der Waals surface area contributed by atoms with Crippen molar-refractivity contribution in [3.05, 3.63) is 35.6 Å². The molecule has 2 nitrogen and oxygen atoms in total. The van der Waals surface area contributed by atoms with Crippen LogP contribution < -0.4 is 5.73 Å². The Morgan fingerprint density at radius 2 is 2.00 bits per heavy atom. The molecule has 3 heteroatoms. The number of likely N-dealkylation sites (tertiary alicyclic amines) is 1. The highest BCUT2D eigenvalue weighted by molar-refractivity contribution is 5.20. The highest BCUT2D eigenvalue weighted by Gasteiger charge is 2.26. The first kappa shape index (κ1) is 13.5. The predicted octanol–water partition coefficient (Wildman–Crippen LogP) is 3.09. The molecular weight excluding hydrogens is 227 g/mol. The Labute approximate surface area is 109 Å². The van der Waals surface area contributed by atoms with Crippen molar-refractivity contribution in [3.63, 3.8) is 0 Å². The minimum atomic E-state index is -0.206. The van der Waals surface area contributed by atoms with Crippen LogP contribution in [0.1, 0.15) is 44.7 Å². The molecule has 1 aliphatic heterocycles. The minimum Gasteiger partial charge on any atom is -0.323 e. The topological polar surface area (TPSA) is 29.3 Å². The quantitative estimate of drug-likeness (QED) is 0.893. The summed E-state index contributed by atoms with van der Waals surface area (Å²) in [6.45, 7) is 5.33. The van der Waals surface area contributed by atoms with Gasteiger partial charge < -0.3 is 5.73 Å². The van der Waals surface area contributed by atoms with Gasteiger partial charge >= 0.3 is 0 Å². The smallest absolute Gasteiger partial charge is 0.123 e. The van der Waals surface area contributed by atoms with Crippen molar-refractivity contribution >= 4 is 0 Å². The molecule has 0 spiro atoms. The Hall–Kier alpha value is -0.930. The molecule has 2 N–H and O–H groups in total. The summed E-state index contributed by atoms with van der Waals surface area (Å²) in [4.78, 5) is 2.46. The molecule has 0 bridgehead atoms. The van der Waals surface area contributed by atoms with Crippen molar-refractivity contribution in [3.8, 4) is 0 Å². The number of hydrogen-bond acceptors (Lipinski definition) is 2. The zero-order chi connectivity index (χ0) is 13.1. The molecule has 0 radical (unpaired) electrons. The van der Waals surface area contributed by atoms with Gasteiger partial charge in [-0.25, -0.2) is 4.39 Å². The fourth-order valence-electron chi connectivity index (χ4n) is 2.90. The molecule has 18 heavy (non-hydrogen) atoms. The summed E-state index contributed by atoms with van der Waals surface area (Å²) in [5, 5.41) is 0. The normalized spacial score (nSPS) is 27.1. The van der Waals surface area contributed by atoms with E-state index in [1.54, 1.807) is 12.1 Å². The van der Waals surface area contributed by atoms with Gasteiger partial charge in [-0.2, -0.15) is 0 Å². The summed E-state index contributed by atoms with van der Waals surface area (Å²) < 4.78 is 13.2. The lowest BCUT2D eigenvalue weighted by molar-refractivity contribution is 0.0961. The van der Waals surface area contributed by atoms with Crippen LogP contribution in [0.3, 0.4) is 0 Å². The highest BCUT2D eigenvalue weighted by atomic mass is 19.1. The van der Waals surface area contributed by atoms with E-state index in [9.17, 15) is 4.39 Å². The zero-order valence-corrected chi connectivity index (χ0v) is 11.3. The SMILES string of the molecule is C[C@@H]1CCC[C@H](C)N1CC(N)c1cccc(F)c1. The molecule has 1 unspecified atom stereocenters. The number of rotatable bonds is 3. The second-order valence-electron chi connectivity index (χ2n) is 5.49. The Kier molecular flexibility index (Phi) is 4.36. The fourth-order valence-corrected chi connectivity index (χ4v) is 2.90. The third-order valence-electron chi connectivity index (χ3n) is 4.06. The molecule has 100 valence electrons. The van der Waals surface area contributed by atoms with Crippen molar-refractivity contribution in [1.82, 2.24) is 4.90 Å². The van der Waals surface area contributed by atoms with Gasteiger partial charge in [0.1, 0.15) is 5.82 Å². The lowest BCUT2D eigenvalue weighted by atomic mass is 9.96. The van der Waals surface area contributed by atoms with E-state index in [0.717, 1.165) is 12.1 Å². The maximum Gasteiger partial charge on any atom is 0.123 e. The Bertz CT molecular complexity index is 384. The molecule has 0 aromatic heterocycles. The van der Waals surface area contributed by atoms with Crippen LogP contribution in [0, 0.1) is 5.82 Å². The molecule has 3 atom stereocenters. The van der Waals surface area contributed by atoms with Gasteiger partial charge in [-0.1, -0.05) is 18.6 Å². The van der Waals surface area contributed by atoms with Gasteiger partial charge in [0.25, 0.3) is 0 Å². The zero-order valence-electron chi connectivity index (χ0n) is 11.3. The van der Waals surface area contributed by atoms with Crippen LogP contribution >= 0.6 is 0 Å². The van der Waals surface area contributed by atoms with E-state index in [4.69, 9.17) is 5.73 Å². The standard InChI is InChI=1S/C15H23FN2/c1-11-5-3-6-12(2)18(11)10-15(17)13-7-4-8-14(16)9-13/h4,7-9,11-12,15H,3,5-6,10,17H2,1-2H3/t11-,12+,15?. The van der Waals surface area contributed by atoms with Crippen LogP contribution in [0.5, 0.6) is 0 Å². The molecule has 1 heterocycles. The summed E-state index contributed by atoms with van der Waals surface area (Å²) in [6.07, 6.45) is 3.77. The Morgan fingerprint density at radius 3 is 2.61 bits per heavy atom. The Morgan fingerprint density at radius 1 is 1.33 bits per heavy atom. The molecule has 1 fully saturated rings. The largest absolute Gasteiger partial charge is 0.323 e. The van der Waals surface area contributed by atoms with Crippen molar-refractivity contribution in [1.29, 1.82) is 0 Å². The van der Waals surface area contributed by atoms with Crippen molar-refractivity contribution < 1.29 is 4.39 Å². The van der Waals surface area contributed by atoms with E-state index in [2.05, 4.69) is 18.7 Å². The van der Waals surface area contributed by atoms with E-state index >= 15 is 0 Å². The van der Waals surface area contributed by atoms with Gasteiger partial charge in [0.05, 0.1) is 0 Å². The maximum atomic E-state index is 13.2. The summed E-state index contributed by atoms with van der Waals surface area (Å²) in [7, 11) is 0. The number of piperidine rings is 1. The summed E-state index contributed by atoms with van der Waals surface area (Å²) in [6, 6.07) is 7.69. The average Bonchev–Trinajstić information content (AvgIpc) is 2.34. The highest BCUT2D eigenvalue weighted by Crippen LogP contribution is 2.25. The van der Waals surface area contributed by atoms with Gasteiger partial charge in [-0.15, -0.1) is 0 Å². The molecule has 1 aromatic carbocycles. The molecular formula is C15H23FN2. The summed E-state index contributed by atoms with van der Waals surface area (Å²) in [5.74, 6) is -0.206. The van der Waals surface area contributed by atoms with Gasteiger partial charge in [-0.3, -0.25) is 4.90 Å². The second-order valence-corrected chi connectivity index (χ2v) is 5.49. The fraction of sp³-hybridized carbons (Fsp3) is 0.600. The summed E-state index contributed by atoms with van der Waals surface area (Å²) in [5.41, 5.74) is 7.10.